The van der Waals surface area contributed by atoms with E-state index in [2.05, 4.69) is 20.3 Å². The number of H-pyrrole nitrogens is 1. The molecule has 0 spiro atoms. The van der Waals surface area contributed by atoms with Crippen LogP contribution in [0.2, 0.25) is 5.02 Å². The van der Waals surface area contributed by atoms with E-state index in [0.29, 0.717) is 43.9 Å². The van der Waals surface area contributed by atoms with Crippen LogP contribution in [-0.2, 0) is 29.0 Å². The van der Waals surface area contributed by atoms with Gasteiger partial charge >= 0.3 is 6.09 Å². The minimum absolute atomic E-state index is 0.00917. The van der Waals surface area contributed by atoms with Gasteiger partial charge in [0.25, 0.3) is 0 Å². The molecule has 0 radical (unpaired) electrons. The molecule has 2 N–H and O–H groups in total. The van der Waals surface area contributed by atoms with Crippen LogP contribution >= 0.6 is 11.6 Å². The first kappa shape index (κ1) is 28.5. The zero-order valence-corrected chi connectivity index (χ0v) is 23.7. The third-order valence-corrected chi connectivity index (χ3v) is 7.76. The fourth-order valence-corrected chi connectivity index (χ4v) is 5.25. The monoisotopic (exact) mass is 578 g/mol. The van der Waals surface area contributed by atoms with Crippen molar-refractivity contribution in [2.75, 3.05) is 25.5 Å². The number of carbonyl (C=O) groups excluding carboxylic acids is 2. The number of hydrogen-bond donors (Lipinski definition) is 2. The number of imidazole rings is 1. The second-order valence-electron chi connectivity index (χ2n) is 10.3. The summed E-state index contributed by atoms with van der Waals surface area (Å²) < 4.78 is 19.6. The number of amides is 2. The fraction of sp³-hybridized carbons (Fsp3) is 0.333. The number of benzene rings is 2. The molecule has 9 nitrogen and oxygen atoms in total. The van der Waals surface area contributed by atoms with Crippen molar-refractivity contribution < 1.29 is 18.7 Å². The molecule has 1 aliphatic rings. The zero-order valence-electron chi connectivity index (χ0n) is 23.0. The molecule has 0 fully saturated rings. The molecule has 0 bridgehead atoms. The maximum atomic E-state index is 14.1. The number of likely N-dealkylation sites (N-methyl/N-ethyl adjacent to an activating group) is 1. The summed E-state index contributed by atoms with van der Waals surface area (Å²) in [6.07, 6.45) is 2.42. The first-order valence-electron chi connectivity index (χ1n) is 13.5. The second kappa shape index (κ2) is 12.7. The molecule has 2 aromatic heterocycles. The van der Waals surface area contributed by atoms with Crippen molar-refractivity contribution in [1.29, 1.82) is 0 Å². The minimum Gasteiger partial charge on any atom is -0.448 e. The summed E-state index contributed by atoms with van der Waals surface area (Å²) in [5, 5.41) is 4.63. The summed E-state index contributed by atoms with van der Waals surface area (Å²) in [6.45, 7) is 3.33. The van der Waals surface area contributed by atoms with E-state index >= 15 is 0 Å². The van der Waals surface area contributed by atoms with Gasteiger partial charge in [0.05, 0.1) is 23.0 Å². The Balaban J connectivity index is 1.23. The van der Waals surface area contributed by atoms with Gasteiger partial charge in [0.1, 0.15) is 24.1 Å². The Morgan fingerprint density at radius 3 is 2.85 bits per heavy atom. The van der Waals surface area contributed by atoms with E-state index in [1.165, 1.54) is 6.07 Å². The Hall–Kier alpha value is -4.02. The Kier molecular flexibility index (Phi) is 8.80. The number of halogens is 2. The quantitative estimate of drug-likeness (QED) is 0.273. The highest BCUT2D eigenvalue weighted by atomic mass is 35.5. The third-order valence-electron chi connectivity index (χ3n) is 7.34. The van der Waals surface area contributed by atoms with Crippen LogP contribution in [0, 0.1) is 12.7 Å². The molecule has 1 aliphatic heterocycles. The Bertz CT molecular complexity index is 1560. The van der Waals surface area contributed by atoms with Crippen molar-refractivity contribution in [1.82, 2.24) is 24.8 Å². The van der Waals surface area contributed by atoms with Crippen LogP contribution in [0.4, 0.5) is 15.0 Å². The van der Waals surface area contributed by atoms with Gasteiger partial charge in [0, 0.05) is 43.6 Å². The molecule has 1 atom stereocenters. The molecule has 0 saturated heterocycles. The van der Waals surface area contributed by atoms with E-state index in [9.17, 15) is 14.0 Å². The lowest BCUT2D eigenvalue weighted by molar-refractivity contribution is -0.132. The second-order valence-corrected chi connectivity index (χ2v) is 10.7. The maximum absolute atomic E-state index is 14.1. The molecule has 0 saturated carbocycles. The van der Waals surface area contributed by atoms with Gasteiger partial charge in [-0.1, -0.05) is 48.0 Å². The summed E-state index contributed by atoms with van der Waals surface area (Å²) in [7, 11) is 1.84. The summed E-state index contributed by atoms with van der Waals surface area (Å²) in [5.41, 5.74) is 2.59. The molecule has 41 heavy (non-hydrogen) atoms. The zero-order chi connectivity index (χ0) is 28.9. The standard InChI is InChI=1S/C30H32ClFN6O3/c1-19-34-25-12-13-38(17-26(25)35-19)28(39)11-10-23(37(2)16-22-8-5-9-24(32)29(22)31)18-41-30(40)36-27-14-20-6-3-4-7-21(20)15-33-27/h3-9,14-15,23H,10-13,16-18H2,1-2H3,(H,34,35)(H,33,36,40)/t23-/m0/s1. The fourth-order valence-electron chi connectivity index (χ4n) is 5.06. The number of nitrogens with one attached hydrogen (secondary N) is 2. The number of hydrogen-bond acceptors (Lipinski definition) is 6. The van der Waals surface area contributed by atoms with Crippen LogP contribution < -0.4 is 5.32 Å². The Morgan fingerprint density at radius 1 is 1.22 bits per heavy atom. The first-order chi connectivity index (χ1) is 19.8. The van der Waals surface area contributed by atoms with Crippen molar-refractivity contribution in [3.63, 3.8) is 0 Å². The molecule has 0 aliphatic carbocycles. The molecule has 214 valence electrons. The largest absolute Gasteiger partial charge is 0.448 e. The van der Waals surface area contributed by atoms with Crippen molar-refractivity contribution in [2.24, 2.45) is 0 Å². The topological polar surface area (TPSA) is 103 Å². The van der Waals surface area contributed by atoms with Crippen molar-refractivity contribution in [3.8, 4) is 0 Å². The summed E-state index contributed by atoms with van der Waals surface area (Å²) in [6, 6.07) is 13.8. The molecule has 11 heteroatoms. The molecular weight excluding hydrogens is 547 g/mol. The van der Waals surface area contributed by atoms with Gasteiger partial charge in [-0.25, -0.2) is 19.2 Å². The third kappa shape index (κ3) is 7.01. The molecular formula is C30H32ClFN6O3. The highest BCUT2D eigenvalue weighted by molar-refractivity contribution is 6.31. The smallest absolute Gasteiger partial charge is 0.412 e. The number of carbonyl (C=O) groups is 2. The van der Waals surface area contributed by atoms with Crippen LogP contribution in [0.1, 0.15) is 35.6 Å². The van der Waals surface area contributed by atoms with E-state index in [0.717, 1.165) is 28.0 Å². The predicted octanol–water partition coefficient (Wildman–Crippen LogP) is 5.47. The van der Waals surface area contributed by atoms with E-state index in [1.807, 2.05) is 48.0 Å². The number of anilines is 1. The lowest BCUT2D eigenvalue weighted by Gasteiger charge is -2.30. The molecule has 0 unspecified atom stereocenters. The highest BCUT2D eigenvalue weighted by Crippen LogP contribution is 2.23. The van der Waals surface area contributed by atoms with Crippen LogP contribution in [0.25, 0.3) is 10.8 Å². The van der Waals surface area contributed by atoms with Crippen LogP contribution in [0.3, 0.4) is 0 Å². The highest BCUT2D eigenvalue weighted by Gasteiger charge is 2.26. The van der Waals surface area contributed by atoms with Gasteiger partial charge in [-0.2, -0.15) is 0 Å². The summed E-state index contributed by atoms with van der Waals surface area (Å²) in [4.78, 5) is 41.6. The van der Waals surface area contributed by atoms with Crippen LogP contribution in [-0.4, -0.2) is 63.0 Å². The number of nitrogens with zero attached hydrogens (tertiary/aromatic N) is 4. The lowest BCUT2D eigenvalue weighted by atomic mass is 10.1. The SMILES string of the molecule is Cc1nc2c([nH]1)CN(C(=O)CC[C@@H](COC(=O)Nc1cc3ccccc3cn1)N(C)Cc1cccc(F)c1Cl)CC2. The summed E-state index contributed by atoms with van der Waals surface area (Å²) >= 11 is 6.20. The van der Waals surface area contributed by atoms with E-state index in [4.69, 9.17) is 16.3 Å². The Labute approximate surface area is 242 Å². The van der Waals surface area contributed by atoms with Gasteiger partial charge in [0.15, 0.2) is 0 Å². The molecule has 3 heterocycles. The van der Waals surface area contributed by atoms with E-state index in [1.54, 1.807) is 24.4 Å². The normalized spacial score (nSPS) is 13.7. The van der Waals surface area contributed by atoms with Crippen LogP contribution in [0.15, 0.2) is 54.7 Å². The number of aromatic amines is 1. The number of pyridine rings is 1. The van der Waals surface area contributed by atoms with E-state index in [-0.39, 0.29) is 30.0 Å². The minimum atomic E-state index is -0.653. The number of fused-ring (bicyclic) bond motifs is 2. The van der Waals surface area contributed by atoms with Gasteiger partial charge in [-0.3, -0.25) is 15.0 Å². The lowest BCUT2D eigenvalue weighted by Crippen LogP contribution is -2.40. The van der Waals surface area contributed by atoms with Gasteiger partial charge < -0.3 is 14.6 Å². The van der Waals surface area contributed by atoms with Crippen molar-refractivity contribution in [3.05, 3.63) is 88.3 Å². The molecule has 2 aromatic carbocycles. The molecule has 4 aromatic rings. The van der Waals surface area contributed by atoms with Crippen molar-refractivity contribution >= 4 is 40.2 Å². The number of ether oxygens (including phenoxy) is 1. The van der Waals surface area contributed by atoms with Gasteiger partial charge in [0.2, 0.25) is 5.91 Å². The number of aromatic nitrogens is 3. The van der Waals surface area contributed by atoms with Crippen LogP contribution in [0.5, 0.6) is 0 Å². The average molecular weight is 579 g/mol. The number of rotatable bonds is 9. The molecule has 2 amide bonds. The Morgan fingerprint density at radius 2 is 2.02 bits per heavy atom. The maximum Gasteiger partial charge on any atom is 0.412 e. The van der Waals surface area contributed by atoms with E-state index < -0.39 is 11.9 Å². The number of aryl methyl sites for hydroxylation is 1. The van der Waals surface area contributed by atoms with Gasteiger partial charge in [-0.05, 0) is 43.5 Å². The van der Waals surface area contributed by atoms with Crippen molar-refractivity contribution in [2.45, 2.75) is 45.3 Å². The average Bonchev–Trinajstić information content (AvgIpc) is 3.34. The first-order valence-corrected chi connectivity index (χ1v) is 13.9. The predicted molar refractivity (Wildman–Crippen MR) is 155 cm³/mol. The molecule has 5 rings (SSSR count). The van der Waals surface area contributed by atoms with Gasteiger partial charge in [-0.15, -0.1) is 0 Å². The summed E-state index contributed by atoms with van der Waals surface area (Å²) in [5.74, 6) is 0.728.